The third kappa shape index (κ3) is 3.16. The molecular weight excluding hydrogens is 238 g/mol. The van der Waals surface area contributed by atoms with Gasteiger partial charge >= 0.3 is 0 Å². The van der Waals surface area contributed by atoms with E-state index in [4.69, 9.17) is 4.74 Å². The Morgan fingerprint density at radius 1 is 1.37 bits per heavy atom. The number of carbonyl (C=O) groups excluding carboxylic acids is 1. The van der Waals surface area contributed by atoms with Gasteiger partial charge in [-0.05, 0) is 64.3 Å². The summed E-state index contributed by atoms with van der Waals surface area (Å²) in [6.07, 6.45) is 2.07. The smallest absolute Gasteiger partial charge is 0.183 e. The Bertz CT molecular complexity index is 474. The maximum atomic E-state index is 12.6. The minimum absolute atomic E-state index is 0.0456. The third-order valence-electron chi connectivity index (χ3n) is 3.41. The van der Waals surface area contributed by atoms with Crippen molar-refractivity contribution in [1.29, 1.82) is 0 Å². The second kappa shape index (κ2) is 5.74. The van der Waals surface area contributed by atoms with Gasteiger partial charge in [0.05, 0.1) is 17.7 Å². The van der Waals surface area contributed by atoms with Crippen molar-refractivity contribution < 1.29 is 9.53 Å². The zero-order valence-corrected chi connectivity index (χ0v) is 12.2. The molecule has 1 heterocycles. The summed E-state index contributed by atoms with van der Waals surface area (Å²) < 4.78 is 5.86. The van der Waals surface area contributed by atoms with E-state index in [0.29, 0.717) is 0 Å². The predicted molar refractivity (Wildman–Crippen MR) is 77.0 cm³/mol. The van der Waals surface area contributed by atoms with Crippen molar-refractivity contribution in [2.45, 2.75) is 52.7 Å². The van der Waals surface area contributed by atoms with Gasteiger partial charge in [0.1, 0.15) is 5.75 Å². The zero-order valence-electron chi connectivity index (χ0n) is 12.2. The summed E-state index contributed by atoms with van der Waals surface area (Å²) in [6, 6.07) is 3.97. The van der Waals surface area contributed by atoms with Gasteiger partial charge in [0.25, 0.3) is 0 Å². The molecule has 0 aromatic heterocycles. The van der Waals surface area contributed by atoms with E-state index in [-0.39, 0.29) is 17.9 Å². The lowest BCUT2D eigenvalue weighted by Gasteiger charge is -2.19. The van der Waals surface area contributed by atoms with Crippen molar-refractivity contribution >= 4 is 5.78 Å². The molecule has 3 heteroatoms. The molecule has 0 saturated carbocycles. The van der Waals surface area contributed by atoms with Gasteiger partial charge in [-0.1, -0.05) is 6.07 Å². The second-order valence-corrected chi connectivity index (χ2v) is 5.64. The third-order valence-corrected chi connectivity index (χ3v) is 3.41. The topological polar surface area (TPSA) is 38.3 Å². The fourth-order valence-electron chi connectivity index (χ4n) is 2.63. The highest BCUT2D eigenvalue weighted by atomic mass is 16.5. The minimum Gasteiger partial charge on any atom is -0.490 e. The van der Waals surface area contributed by atoms with Gasteiger partial charge in [-0.3, -0.25) is 4.79 Å². The van der Waals surface area contributed by atoms with Gasteiger partial charge in [-0.15, -0.1) is 0 Å². The number of ether oxygens (including phenoxy) is 1. The van der Waals surface area contributed by atoms with Gasteiger partial charge < -0.3 is 10.1 Å². The van der Waals surface area contributed by atoms with Crippen molar-refractivity contribution in [2.24, 2.45) is 0 Å². The van der Waals surface area contributed by atoms with Crippen LogP contribution < -0.4 is 10.1 Å². The molecule has 0 aliphatic carbocycles. The van der Waals surface area contributed by atoms with E-state index in [1.807, 2.05) is 33.8 Å². The van der Waals surface area contributed by atoms with Crippen molar-refractivity contribution in [1.82, 2.24) is 5.32 Å². The van der Waals surface area contributed by atoms with Crippen molar-refractivity contribution in [2.75, 3.05) is 6.54 Å². The highest BCUT2D eigenvalue weighted by Crippen LogP contribution is 2.28. The lowest BCUT2D eigenvalue weighted by atomic mass is 9.97. The van der Waals surface area contributed by atoms with Gasteiger partial charge in [0.2, 0.25) is 0 Å². The Balaban J connectivity index is 2.38. The summed E-state index contributed by atoms with van der Waals surface area (Å²) in [6.45, 7) is 8.93. The van der Waals surface area contributed by atoms with Gasteiger partial charge in [0, 0.05) is 0 Å². The first-order valence-electron chi connectivity index (χ1n) is 7.04. The van der Waals surface area contributed by atoms with E-state index < -0.39 is 0 Å². The van der Waals surface area contributed by atoms with Crippen LogP contribution in [0.4, 0.5) is 0 Å². The summed E-state index contributed by atoms with van der Waals surface area (Å²) in [7, 11) is 0. The summed E-state index contributed by atoms with van der Waals surface area (Å²) in [5.74, 6) is 0.916. The number of nitrogens with one attached hydrogen (secondary N) is 1. The lowest BCUT2D eigenvalue weighted by Crippen LogP contribution is -2.31. The summed E-state index contributed by atoms with van der Waals surface area (Å²) in [5.41, 5.74) is 2.87. The van der Waals surface area contributed by atoms with Crippen LogP contribution in [0.25, 0.3) is 0 Å². The largest absolute Gasteiger partial charge is 0.490 e. The average Bonchev–Trinajstić information content (AvgIpc) is 2.84. The van der Waals surface area contributed by atoms with Crippen LogP contribution in [0.15, 0.2) is 12.1 Å². The molecule has 0 amide bonds. The van der Waals surface area contributed by atoms with E-state index in [2.05, 4.69) is 11.4 Å². The van der Waals surface area contributed by atoms with Crippen LogP contribution in [0.3, 0.4) is 0 Å². The van der Waals surface area contributed by atoms with Crippen LogP contribution in [-0.2, 0) is 0 Å². The molecule has 2 rings (SSSR count). The number of benzene rings is 1. The summed E-state index contributed by atoms with van der Waals surface area (Å²) >= 11 is 0. The van der Waals surface area contributed by atoms with Crippen LogP contribution in [0, 0.1) is 13.8 Å². The molecule has 1 aliphatic rings. The molecule has 1 saturated heterocycles. The molecule has 0 radical (unpaired) electrons. The summed E-state index contributed by atoms with van der Waals surface area (Å²) in [5, 5.41) is 3.27. The second-order valence-electron chi connectivity index (χ2n) is 5.64. The maximum Gasteiger partial charge on any atom is 0.183 e. The van der Waals surface area contributed by atoms with Crippen molar-refractivity contribution in [3.63, 3.8) is 0 Å². The molecule has 1 fully saturated rings. The number of aryl methyl sites for hydroxylation is 2. The molecule has 104 valence electrons. The first kappa shape index (κ1) is 14.1. The average molecular weight is 261 g/mol. The standard InChI is InChI=1S/C16H23NO2/c1-10(2)19-16-12(4)8-11(3)9-13(16)15(18)14-6-5-7-17-14/h8-10,14,17H,5-7H2,1-4H3. The minimum atomic E-state index is -0.0456. The van der Waals surface area contributed by atoms with Crippen molar-refractivity contribution in [3.05, 3.63) is 28.8 Å². The molecule has 1 aliphatic heterocycles. The maximum absolute atomic E-state index is 12.6. The molecule has 3 nitrogen and oxygen atoms in total. The highest BCUT2D eigenvalue weighted by molar-refractivity contribution is 6.03. The fourth-order valence-corrected chi connectivity index (χ4v) is 2.63. The van der Waals surface area contributed by atoms with E-state index >= 15 is 0 Å². The fraction of sp³-hybridized carbons (Fsp3) is 0.562. The molecular formula is C16H23NO2. The van der Waals surface area contributed by atoms with Crippen molar-refractivity contribution in [3.8, 4) is 5.75 Å². The lowest BCUT2D eigenvalue weighted by molar-refractivity contribution is 0.0946. The van der Waals surface area contributed by atoms with Gasteiger partial charge in [-0.25, -0.2) is 0 Å². The van der Waals surface area contributed by atoms with Crippen LogP contribution in [0.1, 0.15) is 48.2 Å². The Morgan fingerprint density at radius 3 is 2.68 bits per heavy atom. The van der Waals surface area contributed by atoms with Gasteiger partial charge in [-0.2, -0.15) is 0 Å². The molecule has 0 spiro atoms. The van der Waals surface area contributed by atoms with Gasteiger partial charge in [0.15, 0.2) is 5.78 Å². The van der Waals surface area contributed by atoms with Crippen LogP contribution >= 0.6 is 0 Å². The SMILES string of the molecule is Cc1cc(C)c(OC(C)C)c(C(=O)C2CCCN2)c1. The van der Waals surface area contributed by atoms with E-state index in [1.165, 1.54) is 0 Å². The normalized spacial score (nSPS) is 18.9. The Kier molecular flexibility index (Phi) is 4.25. The molecule has 1 unspecified atom stereocenters. The number of rotatable bonds is 4. The number of carbonyl (C=O) groups is 1. The summed E-state index contributed by atoms with van der Waals surface area (Å²) in [4.78, 5) is 12.6. The number of hydrogen-bond acceptors (Lipinski definition) is 3. The van der Waals surface area contributed by atoms with Crippen LogP contribution in [0.5, 0.6) is 5.75 Å². The van der Waals surface area contributed by atoms with E-state index in [1.54, 1.807) is 0 Å². The molecule has 19 heavy (non-hydrogen) atoms. The zero-order chi connectivity index (χ0) is 14.0. The number of hydrogen-bond donors (Lipinski definition) is 1. The number of ketones is 1. The molecule has 1 atom stereocenters. The van der Waals surface area contributed by atoms with E-state index in [9.17, 15) is 4.79 Å². The number of Topliss-reactive ketones (excluding diaryl/α,β-unsaturated/α-hetero) is 1. The molecule has 0 bridgehead atoms. The monoisotopic (exact) mass is 261 g/mol. The Hall–Kier alpha value is -1.35. The predicted octanol–water partition coefficient (Wildman–Crippen LogP) is 3.03. The quantitative estimate of drug-likeness (QED) is 0.847. The van der Waals surface area contributed by atoms with Crippen LogP contribution in [-0.4, -0.2) is 24.5 Å². The molecule has 1 N–H and O–H groups in total. The molecule has 1 aromatic rings. The first-order chi connectivity index (χ1) is 8.99. The molecule has 1 aromatic carbocycles. The van der Waals surface area contributed by atoms with Crippen LogP contribution in [0.2, 0.25) is 0 Å². The Morgan fingerprint density at radius 2 is 2.11 bits per heavy atom. The highest BCUT2D eigenvalue weighted by Gasteiger charge is 2.26. The first-order valence-corrected chi connectivity index (χ1v) is 7.04. The Labute approximate surface area is 115 Å². The van der Waals surface area contributed by atoms with E-state index in [0.717, 1.165) is 41.8 Å².